The molecular weight excluding hydrogens is 272 g/mol. The van der Waals surface area contributed by atoms with Crippen LogP contribution in [0.5, 0.6) is 5.75 Å². The lowest BCUT2D eigenvalue weighted by Gasteiger charge is -2.16. The molecule has 106 valence electrons. The summed E-state index contributed by atoms with van der Waals surface area (Å²) >= 11 is 6.14. The van der Waals surface area contributed by atoms with Gasteiger partial charge in [-0.25, -0.2) is 0 Å². The second kappa shape index (κ2) is 7.32. The Balaban J connectivity index is 2.16. The number of para-hydroxylation sites is 1. The predicted molar refractivity (Wildman–Crippen MR) is 82.3 cm³/mol. The molecule has 0 heterocycles. The molecule has 0 aromatic heterocycles. The van der Waals surface area contributed by atoms with Crippen molar-refractivity contribution in [3.8, 4) is 5.75 Å². The average Bonchev–Trinajstić information content (AvgIpc) is 2.47. The number of halogens is 1. The summed E-state index contributed by atoms with van der Waals surface area (Å²) in [5.74, 6) is 0.744. The van der Waals surface area contributed by atoms with Crippen LogP contribution in [-0.2, 0) is 6.42 Å². The summed E-state index contributed by atoms with van der Waals surface area (Å²) in [7, 11) is 0. The molecule has 2 nitrogen and oxygen atoms in total. The van der Waals surface area contributed by atoms with Crippen LogP contribution in [0.15, 0.2) is 48.5 Å². The number of aliphatic hydroxyl groups is 1. The van der Waals surface area contributed by atoms with E-state index >= 15 is 0 Å². The number of rotatable bonds is 6. The SMILES string of the molecule is CCCOc1ccccc1C(O)Cc1ccccc1Cl. The van der Waals surface area contributed by atoms with Crippen LogP contribution >= 0.6 is 11.6 Å². The minimum atomic E-state index is -0.622. The Kier molecular flexibility index (Phi) is 5.45. The third kappa shape index (κ3) is 3.75. The van der Waals surface area contributed by atoms with Crippen molar-refractivity contribution in [2.45, 2.75) is 25.9 Å². The van der Waals surface area contributed by atoms with Crippen LogP contribution in [0, 0.1) is 0 Å². The van der Waals surface area contributed by atoms with E-state index in [0.29, 0.717) is 18.1 Å². The van der Waals surface area contributed by atoms with E-state index in [1.165, 1.54) is 0 Å². The summed E-state index contributed by atoms with van der Waals surface area (Å²) in [5.41, 5.74) is 1.74. The fourth-order valence-corrected chi connectivity index (χ4v) is 2.29. The molecule has 0 radical (unpaired) electrons. The Bertz CT molecular complexity index is 554. The van der Waals surface area contributed by atoms with Gasteiger partial charge in [0.25, 0.3) is 0 Å². The molecule has 0 aliphatic rings. The smallest absolute Gasteiger partial charge is 0.125 e. The van der Waals surface area contributed by atoms with Gasteiger partial charge in [0.1, 0.15) is 5.75 Å². The van der Waals surface area contributed by atoms with Crippen molar-refractivity contribution in [2.75, 3.05) is 6.61 Å². The van der Waals surface area contributed by atoms with Crippen molar-refractivity contribution in [1.82, 2.24) is 0 Å². The molecule has 3 heteroatoms. The van der Waals surface area contributed by atoms with E-state index < -0.39 is 6.10 Å². The first-order chi connectivity index (χ1) is 9.72. The van der Waals surface area contributed by atoms with Gasteiger partial charge in [-0.1, -0.05) is 54.9 Å². The van der Waals surface area contributed by atoms with Gasteiger partial charge in [-0.3, -0.25) is 0 Å². The Labute approximate surface area is 125 Å². The summed E-state index contributed by atoms with van der Waals surface area (Å²) in [5, 5.41) is 11.1. The van der Waals surface area contributed by atoms with E-state index in [9.17, 15) is 5.11 Å². The first-order valence-electron chi connectivity index (χ1n) is 6.85. The Hall–Kier alpha value is -1.51. The molecule has 0 aliphatic heterocycles. The third-order valence-corrected chi connectivity index (χ3v) is 3.48. The third-order valence-electron chi connectivity index (χ3n) is 3.11. The van der Waals surface area contributed by atoms with Gasteiger partial charge in [0.2, 0.25) is 0 Å². The lowest BCUT2D eigenvalue weighted by Crippen LogP contribution is -2.06. The summed E-state index contributed by atoms with van der Waals surface area (Å²) in [6.07, 6.45) is 0.796. The van der Waals surface area contributed by atoms with E-state index in [2.05, 4.69) is 6.92 Å². The number of hydrogen-bond donors (Lipinski definition) is 1. The van der Waals surface area contributed by atoms with Crippen molar-refractivity contribution in [3.05, 3.63) is 64.7 Å². The molecule has 2 rings (SSSR count). The summed E-state index contributed by atoms with van der Waals surface area (Å²) in [4.78, 5) is 0. The quantitative estimate of drug-likeness (QED) is 0.854. The minimum Gasteiger partial charge on any atom is -0.493 e. The highest BCUT2D eigenvalue weighted by Crippen LogP contribution is 2.29. The van der Waals surface area contributed by atoms with Crippen LogP contribution in [-0.4, -0.2) is 11.7 Å². The molecule has 0 spiro atoms. The fourth-order valence-electron chi connectivity index (χ4n) is 2.08. The lowest BCUT2D eigenvalue weighted by molar-refractivity contribution is 0.171. The predicted octanol–water partition coefficient (Wildman–Crippen LogP) is 4.40. The van der Waals surface area contributed by atoms with Gasteiger partial charge in [-0.05, 0) is 24.1 Å². The molecule has 0 aliphatic carbocycles. The van der Waals surface area contributed by atoms with Gasteiger partial charge in [-0.15, -0.1) is 0 Å². The van der Waals surface area contributed by atoms with Crippen LogP contribution in [0.3, 0.4) is 0 Å². The molecule has 2 aromatic carbocycles. The molecule has 20 heavy (non-hydrogen) atoms. The molecule has 1 N–H and O–H groups in total. The molecule has 0 saturated heterocycles. The second-order valence-electron chi connectivity index (χ2n) is 4.70. The van der Waals surface area contributed by atoms with E-state index in [0.717, 1.165) is 23.3 Å². The molecule has 0 bridgehead atoms. The highest BCUT2D eigenvalue weighted by atomic mass is 35.5. The summed E-state index contributed by atoms with van der Waals surface area (Å²) in [6, 6.07) is 15.2. The summed E-state index contributed by atoms with van der Waals surface area (Å²) in [6.45, 7) is 2.71. The van der Waals surface area contributed by atoms with Crippen LogP contribution in [0.1, 0.15) is 30.6 Å². The normalized spacial score (nSPS) is 12.2. The maximum absolute atomic E-state index is 10.4. The maximum Gasteiger partial charge on any atom is 0.125 e. The van der Waals surface area contributed by atoms with Crippen molar-refractivity contribution in [2.24, 2.45) is 0 Å². The molecule has 1 atom stereocenters. The first-order valence-corrected chi connectivity index (χ1v) is 7.23. The number of hydrogen-bond acceptors (Lipinski definition) is 2. The van der Waals surface area contributed by atoms with Gasteiger partial charge < -0.3 is 9.84 Å². The Morgan fingerprint density at radius 1 is 1.10 bits per heavy atom. The number of aliphatic hydroxyl groups excluding tert-OH is 1. The topological polar surface area (TPSA) is 29.5 Å². The van der Waals surface area contributed by atoms with Crippen LogP contribution in [0.25, 0.3) is 0 Å². The Morgan fingerprint density at radius 3 is 2.55 bits per heavy atom. The van der Waals surface area contributed by atoms with E-state index in [1.54, 1.807) is 0 Å². The molecule has 0 amide bonds. The zero-order valence-corrected chi connectivity index (χ0v) is 12.3. The van der Waals surface area contributed by atoms with Gasteiger partial charge in [0.15, 0.2) is 0 Å². The largest absolute Gasteiger partial charge is 0.493 e. The highest BCUT2D eigenvalue weighted by Gasteiger charge is 2.15. The number of benzene rings is 2. The molecule has 2 aromatic rings. The van der Waals surface area contributed by atoms with E-state index in [-0.39, 0.29) is 0 Å². The van der Waals surface area contributed by atoms with Gasteiger partial charge >= 0.3 is 0 Å². The van der Waals surface area contributed by atoms with Crippen molar-refractivity contribution in [1.29, 1.82) is 0 Å². The molecule has 0 fully saturated rings. The van der Waals surface area contributed by atoms with Crippen LogP contribution in [0.4, 0.5) is 0 Å². The monoisotopic (exact) mass is 290 g/mol. The molecule has 0 saturated carbocycles. The van der Waals surface area contributed by atoms with Crippen molar-refractivity contribution < 1.29 is 9.84 Å². The highest BCUT2D eigenvalue weighted by molar-refractivity contribution is 6.31. The lowest BCUT2D eigenvalue weighted by atomic mass is 10.0. The minimum absolute atomic E-state index is 0.478. The summed E-state index contributed by atoms with van der Waals surface area (Å²) < 4.78 is 5.68. The van der Waals surface area contributed by atoms with Gasteiger partial charge in [-0.2, -0.15) is 0 Å². The molecule has 1 unspecified atom stereocenters. The first kappa shape index (κ1) is 14.9. The zero-order chi connectivity index (χ0) is 14.4. The standard InChI is InChI=1S/C17H19ClO2/c1-2-11-20-17-10-6-4-8-14(17)16(19)12-13-7-3-5-9-15(13)18/h3-10,16,19H,2,11-12H2,1H3. The zero-order valence-electron chi connectivity index (χ0n) is 11.6. The second-order valence-corrected chi connectivity index (χ2v) is 5.10. The van der Waals surface area contributed by atoms with Crippen LogP contribution in [0.2, 0.25) is 5.02 Å². The fraction of sp³-hybridized carbons (Fsp3) is 0.294. The van der Waals surface area contributed by atoms with Crippen molar-refractivity contribution in [3.63, 3.8) is 0 Å². The number of ether oxygens (including phenoxy) is 1. The van der Waals surface area contributed by atoms with Gasteiger partial charge in [0, 0.05) is 17.0 Å². The maximum atomic E-state index is 10.4. The van der Waals surface area contributed by atoms with E-state index in [4.69, 9.17) is 16.3 Å². The van der Waals surface area contributed by atoms with Crippen LogP contribution < -0.4 is 4.74 Å². The average molecular weight is 291 g/mol. The van der Waals surface area contributed by atoms with Gasteiger partial charge in [0.05, 0.1) is 12.7 Å². The van der Waals surface area contributed by atoms with Crippen molar-refractivity contribution >= 4 is 11.6 Å². The Morgan fingerprint density at radius 2 is 1.80 bits per heavy atom. The van der Waals surface area contributed by atoms with E-state index in [1.807, 2.05) is 48.5 Å². The molecular formula is C17H19ClO2.